The highest BCUT2D eigenvalue weighted by atomic mass is 32.2. The van der Waals surface area contributed by atoms with Crippen LogP contribution in [0.5, 0.6) is 5.75 Å². The highest BCUT2D eigenvalue weighted by Crippen LogP contribution is 2.29. The van der Waals surface area contributed by atoms with Crippen LogP contribution in [0.4, 0.5) is 25.8 Å². The van der Waals surface area contributed by atoms with Crippen LogP contribution in [0.25, 0.3) is 0 Å². The molecule has 0 fully saturated rings. The van der Waals surface area contributed by atoms with Crippen LogP contribution in [0.15, 0.2) is 70.7 Å². The van der Waals surface area contributed by atoms with Crippen LogP contribution in [0.2, 0.25) is 0 Å². The van der Waals surface area contributed by atoms with Crippen LogP contribution in [0.3, 0.4) is 0 Å². The van der Waals surface area contributed by atoms with Crippen molar-refractivity contribution in [2.45, 2.75) is 4.90 Å². The maximum atomic E-state index is 13.6. The zero-order valence-corrected chi connectivity index (χ0v) is 17.3. The Balaban J connectivity index is 1.83. The third kappa shape index (κ3) is 5.35. The molecular formula is C20H16F2N4O5S. The summed E-state index contributed by atoms with van der Waals surface area (Å²) in [5.41, 5.74) is 1.85. The lowest BCUT2D eigenvalue weighted by molar-refractivity contribution is -0.384. The van der Waals surface area contributed by atoms with Gasteiger partial charge in [-0.25, -0.2) is 17.2 Å². The van der Waals surface area contributed by atoms with Crippen molar-refractivity contribution in [3.05, 3.63) is 88.0 Å². The van der Waals surface area contributed by atoms with Gasteiger partial charge in [0, 0.05) is 23.4 Å². The zero-order chi connectivity index (χ0) is 23.3. The Hall–Kier alpha value is -4.06. The normalized spacial score (nSPS) is 11.3. The third-order valence-corrected chi connectivity index (χ3v) is 5.55. The maximum absolute atomic E-state index is 13.6. The summed E-state index contributed by atoms with van der Waals surface area (Å²) < 4.78 is 59.1. The molecular weight excluding hydrogens is 446 g/mol. The molecule has 3 rings (SSSR count). The molecule has 0 bridgehead atoms. The standard InChI is InChI=1S/C20H16F2N4O5S/c1-31-16-6-4-15(5-7-16)25-32(29,30)17-8-9-19(20(11-17)26(27)28)24-23-12-13-2-3-14(21)10-18(13)22/h2-12,24-25H,1H3/b23-12+. The number of methoxy groups -OCH3 is 1. The minimum Gasteiger partial charge on any atom is -0.497 e. The van der Waals surface area contributed by atoms with Gasteiger partial charge in [0.2, 0.25) is 0 Å². The Morgan fingerprint density at radius 2 is 1.78 bits per heavy atom. The summed E-state index contributed by atoms with van der Waals surface area (Å²) in [4.78, 5) is 10.3. The quantitative estimate of drug-likeness (QED) is 0.295. The van der Waals surface area contributed by atoms with Gasteiger partial charge < -0.3 is 4.74 Å². The summed E-state index contributed by atoms with van der Waals surface area (Å²) in [5, 5.41) is 15.1. The third-order valence-electron chi connectivity index (χ3n) is 4.17. The van der Waals surface area contributed by atoms with E-state index in [0.29, 0.717) is 11.8 Å². The second-order valence-corrected chi connectivity index (χ2v) is 7.99. The van der Waals surface area contributed by atoms with Gasteiger partial charge in [0.1, 0.15) is 23.1 Å². The number of nitro benzene ring substituents is 1. The van der Waals surface area contributed by atoms with E-state index in [2.05, 4.69) is 15.2 Å². The van der Waals surface area contributed by atoms with Crippen LogP contribution < -0.4 is 14.9 Å². The molecule has 0 unspecified atom stereocenters. The molecule has 0 radical (unpaired) electrons. The smallest absolute Gasteiger partial charge is 0.295 e. The van der Waals surface area contributed by atoms with Crippen molar-refractivity contribution < 1.29 is 26.9 Å². The predicted octanol–water partition coefficient (Wildman–Crippen LogP) is 4.13. The lowest BCUT2D eigenvalue weighted by Gasteiger charge is -2.10. The molecule has 0 atom stereocenters. The number of benzene rings is 3. The molecule has 3 aromatic carbocycles. The number of nitrogens with zero attached hydrogens (tertiary/aromatic N) is 2. The van der Waals surface area contributed by atoms with E-state index in [1.165, 1.54) is 19.2 Å². The largest absolute Gasteiger partial charge is 0.497 e. The van der Waals surface area contributed by atoms with Crippen molar-refractivity contribution in [3.8, 4) is 5.75 Å². The van der Waals surface area contributed by atoms with Crippen LogP contribution in [0.1, 0.15) is 5.56 Å². The second-order valence-electron chi connectivity index (χ2n) is 6.31. The summed E-state index contributed by atoms with van der Waals surface area (Å²) >= 11 is 0. The van der Waals surface area contributed by atoms with Gasteiger partial charge in [-0.15, -0.1) is 0 Å². The number of sulfonamides is 1. The maximum Gasteiger partial charge on any atom is 0.295 e. The molecule has 9 nitrogen and oxygen atoms in total. The molecule has 0 spiro atoms. The van der Waals surface area contributed by atoms with Crippen LogP contribution >= 0.6 is 0 Å². The second kappa shape index (κ2) is 9.39. The molecule has 3 aromatic rings. The molecule has 0 aliphatic heterocycles. The number of nitrogens with one attached hydrogen (secondary N) is 2. The average molecular weight is 462 g/mol. The van der Waals surface area contributed by atoms with Gasteiger partial charge in [0.25, 0.3) is 15.7 Å². The van der Waals surface area contributed by atoms with Gasteiger partial charge >= 0.3 is 0 Å². The van der Waals surface area contributed by atoms with Crippen LogP contribution in [-0.2, 0) is 10.0 Å². The number of nitro groups is 1. The predicted molar refractivity (Wildman–Crippen MR) is 114 cm³/mol. The highest BCUT2D eigenvalue weighted by Gasteiger charge is 2.21. The van der Waals surface area contributed by atoms with Crippen molar-refractivity contribution >= 4 is 33.3 Å². The molecule has 0 aliphatic rings. The first-order valence-corrected chi connectivity index (χ1v) is 10.4. The summed E-state index contributed by atoms with van der Waals surface area (Å²) in [7, 11) is -2.66. The lowest BCUT2D eigenvalue weighted by Crippen LogP contribution is -2.13. The van der Waals surface area contributed by atoms with Crippen LogP contribution in [-0.4, -0.2) is 26.7 Å². The molecule has 0 aromatic heterocycles. The van der Waals surface area contributed by atoms with E-state index in [9.17, 15) is 27.3 Å². The Labute approximate surface area is 181 Å². The molecule has 12 heteroatoms. The van der Waals surface area contributed by atoms with E-state index in [-0.39, 0.29) is 21.8 Å². The first-order chi connectivity index (χ1) is 15.2. The van der Waals surface area contributed by atoms with E-state index in [1.54, 1.807) is 12.1 Å². The molecule has 0 saturated carbocycles. The van der Waals surface area contributed by atoms with Crippen LogP contribution in [0, 0.1) is 21.7 Å². The first-order valence-electron chi connectivity index (χ1n) is 8.89. The summed E-state index contributed by atoms with van der Waals surface area (Å²) in [6.07, 6.45) is 1.01. The van der Waals surface area contributed by atoms with Crippen molar-refractivity contribution in [1.82, 2.24) is 0 Å². The number of hydrogen-bond donors (Lipinski definition) is 2. The minimum atomic E-state index is -4.13. The number of hydrogen-bond acceptors (Lipinski definition) is 7. The highest BCUT2D eigenvalue weighted by molar-refractivity contribution is 7.92. The fraction of sp³-hybridized carbons (Fsp3) is 0.0500. The van der Waals surface area contributed by atoms with Gasteiger partial charge in [-0.2, -0.15) is 5.10 Å². The number of halogens is 2. The summed E-state index contributed by atoms with van der Waals surface area (Å²) in [6, 6.07) is 12.1. The molecule has 0 amide bonds. The van der Waals surface area contributed by atoms with Gasteiger partial charge in [-0.1, -0.05) is 0 Å². The average Bonchev–Trinajstić information content (AvgIpc) is 2.75. The van der Waals surface area contributed by atoms with E-state index in [4.69, 9.17) is 4.74 Å². The van der Waals surface area contributed by atoms with Gasteiger partial charge in [-0.3, -0.25) is 20.3 Å². The fourth-order valence-electron chi connectivity index (χ4n) is 2.57. The van der Waals surface area contributed by atoms with E-state index < -0.39 is 32.3 Å². The van der Waals surface area contributed by atoms with E-state index >= 15 is 0 Å². The van der Waals surface area contributed by atoms with E-state index in [0.717, 1.165) is 36.5 Å². The molecule has 0 heterocycles. The summed E-state index contributed by atoms with van der Waals surface area (Å²) in [6.45, 7) is 0. The van der Waals surface area contributed by atoms with Gasteiger partial charge in [0.15, 0.2) is 0 Å². The van der Waals surface area contributed by atoms with Gasteiger partial charge in [-0.05, 0) is 48.5 Å². The number of rotatable bonds is 8. The SMILES string of the molecule is COc1ccc(NS(=O)(=O)c2ccc(N/N=C/c3ccc(F)cc3F)c([N+](=O)[O-])c2)cc1. The van der Waals surface area contributed by atoms with Crippen molar-refractivity contribution in [3.63, 3.8) is 0 Å². The van der Waals surface area contributed by atoms with Crippen molar-refractivity contribution in [2.24, 2.45) is 5.10 Å². The fourth-order valence-corrected chi connectivity index (χ4v) is 3.65. The summed E-state index contributed by atoms with van der Waals surface area (Å²) in [5.74, 6) is -1.10. The topological polar surface area (TPSA) is 123 Å². The molecule has 0 aliphatic carbocycles. The Bertz CT molecular complexity index is 1280. The van der Waals surface area contributed by atoms with E-state index in [1.807, 2.05) is 0 Å². The molecule has 2 N–H and O–H groups in total. The van der Waals surface area contributed by atoms with Crippen molar-refractivity contribution in [1.29, 1.82) is 0 Å². The molecule has 166 valence electrons. The first kappa shape index (κ1) is 22.6. The van der Waals surface area contributed by atoms with Crippen molar-refractivity contribution in [2.75, 3.05) is 17.3 Å². The number of ether oxygens (including phenoxy) is 1. The molecule has 32 heavy (non-hydrogen) atoms. The molecule has 0 saturated heterocycles. The number of anilines is 2. The monoisotopic (exact) mass is 462 g/mol. The Morgan fingerprint density at radius 3 is 2.41 bits per heavy atom. The zero-order valence-electron chi connectivity index (χ0n) is 16.5. The lowest BCUT2D eigenvalue weighted by atomic mass is 10.2. The van der Waals surface area contributed by atoms with Gasteiger partial charge in [0.05, 0.1) is 23.1 Å². The Morgan fingerprint density at radius 1 is 1.06 bits per heavy atom. The Kier molecular flexibility index (Phi) is 6.64. The minimum absolute atomic E-state index is 0.0514. The number of hydrazone groups is 1.